The average Bonchev–Trinajstić information content (AvgIpc) is 2.39. The van der Waals surface area contributed by atoms with E-state index in [9.17, 15) is 0 Å². The predicted octanol–water partition coefficient (Wildman–Crippen LogP) is 0.807. The Morgan fingerprint density at radius 2 is 2.12 bits per heavy atom. The summed E-state index contributed by atoms with van der Waals surface area (Å²) in [6, 6.07) is 0. The van der Waals surface area contributed by atoms with Gasteiger partial charge in [0.15, 0.2) is 5.84 Å². The maximum atomic E-state index is 8.52. The van der Waals surface area contributed by atoms with Gasteiger partial charge in [-0.15, -0.1) is 0 Å². The molecule has 6 nitrogen and oxygen atoms in total. The van der Waals surface area contributed by atoms with Gasteiger partial charge < -0.3 is 15.8 Å². The topological polar surface area (TPSA) is 87.6 Å². The molecule has 0 aliphatic carbocycles. The second-order valence-electron chi connectivity index (χ2n) is 4.41. The van der Waals surface area contributed by atoms with Crippen molar-refractivity contribution in [1.29, 1.82) is 0 Å². The van der Waals surface area contributed by atoms with Crippen LogP contribution in [0.3, 0.4) is 0 Å². The van der Waals surface area contributed by atoms with E-state index >= 15 is 0 Å². The van der Waals surface area contributed by atoms with E-state index in [4.69, 9.17) is 10.9 Å². The number of aromatic nitrogens is 2. The molecule has 0 spiro atoms. The fourth-order valence-electron chi connectivity index (χ4n) is 1.91. The molecule has 0 unspecified atom stereocenters. The monoisotopic (exact) mass is 235 g/mol. The zero-order valence-electron chi connectivity index (χ0n) is 9.87. The van der Waals surface area contributed by atoms with Crippen LogP contribution in [0, 0.1) is 5.92 Å². The zero-order valence-corrected chi connectivity index (χ0v) is 9.87. The van der Waals surface area contributed by atoms with E-state index in [-0.39, 0.29) is 5.84 Å². The third-order valence-electron chi connectivity index (χ3n) is 3.12. The molecular weight excluding hydrogens is 218 g/mol. The van der Waals surface area contributed by atoms with Crippen LogP contribution in [0.4, 0.5) is 5.82 Å². The summed E-state index contributed by atoms with van der Waals surface area (Å²) in [6.45, 7) is 4.29. The number of hydrogen-bond acceptors (Lipinski definition) is 5. The molecule has 1 aromatic rings. The molecule has 0 saturated carbocycles. The number of nitrogens with zero attached hydrogens (tertiary/aromatic N) is 4. The van der Waals surface area contributed by atoms with Crippen LogP contribution in [0.5, 0.6) is 0 Å². The van der Waals surface area contributed by atoms with Gasteiger partial charge in [0.25, 0.3) is 0 Å². The first kappa shape index (κ1) is 11.6. The SMILES string of the molecule is CC1CCN(c2cnc(C(N)=NO)cn2)CC1. The number of amidine groups is 1. The summed E-state index contributed by atoms with van der Waals surface area (Å²) in [4.78, 5) is 10.6. The van der Waals surface area contributed by atoms with Crippen molar-refractivity contribution in [2.75, 3.05) is 18.0 Å². The van der Waals surface area contributed by atoms with Gasteiger partial charge in [-0.05, 0) is 18.8 Å². The highest BCUT2D eigenvalue weighted by Gasteiger charge is 2.17. The Morgan fingerprint density at radius 3 is 2.65 bits per heavy atom. The molecule has 92 valence electrons. The van der Waals surface area contributed by atoms with Crippen LogP contribution in [0.1, 0.15) is 25.5 Å². The molecule has 0 amide bonds. The largest absolute Gasteiger partial charge is 0.409 e. The first-order valence-electron chi connectivity index (χ1n) is 5.75. The first-order valence-corrected chi connectivity index (χ1v) is 5.75. The second-order valence-corrected chi connectivity index (χ2v) is 4.41. The van der Waals surface area contributed by atoms with Crippen molar-refractivity contribution < 1.29 is 5.21 Å². The van der Waals surface area contributed by atoms with E-state index in [1.54, 1.807) is 6.20 Å². The molecule has 0 atom stereocenters. The lowest BCUT2D eigenvalue weighted by Crippen LogP contribution is -2.33. The summed E-state index contributed by atoms with van der Waals surface area (Å²) in [5.41, 5.74) is 5.82. The standard InChI is InChI=1S/C11H17N5O/c1-8-2-4-16(5-3-8)10-7-13-9(6-14-10)11(12)15-17/h6-8,17H,2-5H2,1H3,(H2,12,15). The molecule has 0 aromatic carbocycles. The summed E-state index contributed by atoms with van der Waals surface area (Å²) in [7, 11) is 0. The van der Waals surface area contributed by atoms with Gasteiger partial charge in [0.1, 0.15) is 11.5 Å². The molecule has 2 heterocycles. The highest BCUT2D eigenvalue weighted by molar-refractivity contribution is 5.94. The molecule has 0 bridgehead atoms. The predicted molar refractivity (Wildman–Crippen MR) is 65.2 cm³/mol. The third kappa shape index (κ3) is 2.64. The minimum atomic E-state index is -0.0173. The van der Waals surface area contributed by atoms with Crippen molar-refractivity contribution in [2.24, 2.45) is 16.8 Å². The average molecular weight is 235 g/mol. The van der Waals surface area contributed by atoms with Crippen molar-refractivity contribution in [3.8, 4) is 0 Å². The fraction of sp³-hybridized carbons (Fsp3) is 0.545. The smallest absolute Gasteiger partial charge is 0.190 e. The van der Waals surface area contributed by atoms with E-state index in [1.807, 2.05) is 0 Å². The molecular formula is C11H17N5O. The van der Waals surface area contributed by atoms with E-state index in [1.165, 1.54) is 19.0 Å². The molecule has 1 aliphatic rings. The van der Waals surface area contributed by atoms with Gasteiger partial charge in [-0.1, -0.05) is 12.1 Å². The number of oxime groups is 1. The van der Waals surface area contributed by atoms with E-state index in [0.717, 1.165) is 24.8 Å². The lowest BCUT2D eigenvalue weighted by atomic mass is 9.99. The number of anilines is 1. The Hall–Kier alpha value is -1.85. The lowest BCUT2D eigenvalue weighted by molar-refractivity contribution is 0.318. The van der Waals surface area contributed by atoms with Crippen molar-refractivity contribution in [3.05, 3.63) is 18.1 Å². The third-order valence-corrected chi connectivity index (χ3v) is 3.12. The van der Waals surface area contributed by atoms with Crippen LogP contribution in [0.15, 0.2) is 17.5 Å². The Morgan fingerprint density at radius 1 is 1.41 bits per heavy atom. The summed E-state index contributed by atoms with van der Waals surface area (Å²) >= 11 is 0. The molecule has 1 aromatic heterocycles. The molecule has 17 heavy (non-hydrogen) atoms. The van der Waals surface area contributed by atoms with Gasteiger partial charge in [0.05, 0.1) is 12.4 Å². The molecule has 1 saturated heterocycles. The van der Waals surface area contributed by atoms with E-state index in [2.05, 4.69) is 26.9 Å². The fourth-order valence-corrected chi connectivity index (χ4v) is 1.91. The normalized spacial score (nSPS) is 18.4. The van der Waals surface area contributed by atoms with Crippen LogP contribution >= 0.6 is 0 Å². The van der Waals surface area contributed by atoms with Crippen LogP contribution in [0.2, 0.25) is 0 Å². The van der Waals surface area contributed by atoms with Crippen molar-refractivity contribution in [1.82, 2.24) is 9.97 Å². The zero-order chi connectivity index (χ0) is 12.3. The van der Waals surface area contributed by atoms with Crippen LogP contribution in [0.25, 0.3) is 0 Å². The molecule has 6 heteroatoms. The van der Waals surface area contributed by atoms with Gasteiger partial charge >= 0.3 is 0 Å². The highest BCUT2D eigenvalue weighted by Crippen LogP contribution is 2.20. The van der Waals surface area contributed by atoms with Crippen molar-refractivity contribution in [3.63, 3.8) is 0 Å². The molecule has 2 rings (SSSR count). The minimum absolute atomic E-state index is 0.0173. The van der Waals surface area contributed by atoms with Crippen molar-refractivity contribution in [2.45, 2.75) is 19.8 Å². The van der Waals surface area contributed by atoms with Crippen LogP contribution in [-0.2, 0) is 0 Å². The summed E-state index contributed by atoms with van der Waals surface area (Å²) in [5, 5.41) is 11.4. The Kier molecular flexibility index (Phi) is 3.41. The summed E-state index contributed by atoms with van der Waals surface area (Å²) in [5.74, 6) is 1.62. The van der Waals surface area contributed by atoms with E-state index in [0.29, 0.717) is 5.69 Å². The van der Waals surface area contributed by atoms with Gasteiger partial charge in [-0.3, -0.25) is 0 Å². The quantitative estimate of drug-likeness (QED) is 0.343. The Balaban J connectivity index is 2.08. The first-order chi connectivity index (χ1) is 8.20. The van der Waals surface area contributed by atoms with Crippen LogP contribution < -0.4 is 10.6 Å². The van der Waals surface area contributed by atoms with Gasteiger partial charge in [0, 0.05) is 13.1 Å². The van der Waals surface area contributed by atoms with Crippen LogP contribution in [-0.4, -0.2) is 34.1 Å². The summed E-state index contributed by atoms with van der Waals surface area (Å²) < 4.78 is 0. The minimum Gasteiger partial charge on any atom is -0.409 e. The van der Waals surface area contributed by atoms with Gasteiger partial charge in [0.2, 0.25) is 0 Å². The number of hydrogen-bond donors (Lipinski definition) is 2. The maximum absolute atomic E-state index is 8.52. The molecule has 0 radical (unpaired) electrons. The summed E-state index contributed by atoms with van der Waals surface area (Å²) in [6.07, 6.45) is 5.57. The van der Waals surface area contributed by atoms with Gasteiger partial charge in [-0.2, -0.15) is 0 Å². The number of rotatable bonds is 2. The Labute approximate surface area is 100 Å². The lowest BCUT2D eigenvalue weighted by Gasteiger charge is -2.30. The highest BCUT2D eigenvalue weighted by atomic mass is 16.4. The molecule has 1 fully saturated rings. The van der Waals surface area contributed by atoms with E-state index < -0.39 is 0 Å². The molecule has 1 aliphatic heterocycles. The van der Waals surface area contributed by atoms with Crippen molar-refractivity contribution >= 4 is 11.7 Å². The Bertz CT molecular complexity index is 395. The molecule has 3 N–H and O–H groups in total. The number of piperidine rings is 1. The maximum Gasteiger partial charge on any atom is 0.190 e. The second kappa shape index (κ2) is 4.99. The van der Waals surface area contributed by atoms with Gasteiger partial charge in [-0.25, -0.2) is 9.97 Å². The number of nitrogens with two attached hydrogens (primary N) is 1.